The standard InChI is InChI=1S/C33H41F7N4O7/c1-30(2,3)25(43-29(49)33(38,39)40)28(48)44-11-14-17(31(14,4)5)23(44)27(47)42-15(10-13-8-9-41-26(13)46)16(45)12-51-24-21(36)19(34)18(32(6,7)50)20(35)22(24)37/h13-15,17,23,25,50H,8-12H2,1-7H3,(H,41,46)(H,42,47)(H,43,49)/t13-,14-,15-,17-,23-,25+/m0/s1. The molecule has 2 saturated heterocycles. The second kappa shape index (κ2) is 13.5. The number of rotatable bonds is 11. The fourth-order valence-corrected chi connectivity index (χ4v) is 7.04. The highest BCUT2D eigenvalue weighted by atomic mass is 19.4. The molecule has 11 nitrogen and oxygen atoms in total. The van der Waals surface area contributed by atoms with Gasteiger partial charge in [-0.1, -0.05) is 34.6 Å². The molecule has 3 aliphatic rings. The molecule has 1 aromatic rings. The third-order valence-electron chi connectivity index (χ3n) is 9.99. The first-order valence-corrected chi connectivity index (χ1v) is 16.2. The quantitative estimate of drug-likeness (QED) is 0.201. The molecular weight excluding hydrogens is 697 g/mol. The fraction of sp³-hybridized carbons (Fsp3) is 0.667. The molecule has 4 rings (SSSR count). The molecule has 0 aromatic heterocycles. The van der Waals surface area contributed by atoms with Crippen molar-refractivity contribution in [3.05, 3.63) is 28.8 Å². The van der Waals surface area contributed by atoms with Crippen molar-refractivity contribution in [2.75, 3.05) is 19.7 Å². The molecule has 2 aliphatic heterocycles. The summed E-state index contributed by atoms with van der Waals surface area (Å²) in [7, 11) is 0. The molecule has 1 aliphatic carbocycles. The maximum Gasteiger partial charge on any atom is 0.471 e. The Hall–Kier alpha value is -3.96. The smallest absolute Gasteiger partial charge is 0.471 e. The average Bonchev–Trinajstić information content (AvgIpc) is 3.32. The molecule has 6 atom stereocenters. The number of halogens is 7. The van der Waals surface area contributed by atoms with Crippen LogP contribution in [0, 0.1) is 51.9 Å². The summed E-state index contributed by atoms with van der Waals surface area (Å²) in [5.41, 5.74) is -5.43. The number of aliphatic hydroxyl groups is 1. The van der Waals surface area contributed by atoms with Crippen molar-refractivity contribution in [2.45, 2.75) is 91.2 Å². The molecule has 4 N–H and O–H groups in total. The summed E-state index contributed by atoms with van der Waals surface area (Å²) in [4.78, 5) is 66.7. The van der Waals surface area contributed by atoms with Crippen LogP contribution >= 0.6 is 0 Å². The number of nitrogens with zero attached hydrogens (tertiary/aromatic N) is 1. The summed E-state index contributed by atoms with van der Waals surface area (Å²) < 4.78 is 103. The Morgan fingerprint density at radius 3 is 2.02 bits per heavy atom. The van der Waals surface area contributed by atoms with Gasteiger partial charge in [-0.05, 0) is 49.4 Å². The number of ketones is 1. The number of fused-ring (bicyclic) bond motifs is 1. The zero-order valence-corrected chi connectivity index (χ0v) is 29.0. The van der Waals surface area contributed by atoms with Crippen molar-refractivity contribution in [2.24, 2.45) is 28.6 Å². The van der Waals surface area contributed by atoms with E-state index in [1.165, 1.54) is 20.8 Å². The summed E-state index contributed by atoms with van der Waals surface area (Å²) in [6.07, 6.45) is -5.43. The molecule has 1 saturated carbocycles. The van der Waals surface area contributed by atoms with Gasteiger partial charge in [-0.15, -0.1) is 0 Å². The minimum Gasteiger partial charge on any atom is -0.479 e. The van der Waals surface area contributed by atoms with E-state index in [0.29, 0.717) is 0 Å². The number of benzene rings is 1. The zero-order chi connectivity index (χ0) is 38.8. The Morgan fingerprint density at radius 2 is 1.55 bits per heavy atom. The van der Waals surface area contributed by atoms with Gasteiger partial charge in [0.15, 0.2) is 23.2 Å². The molecule has 2 heterocycles. The van der Waals surface area contributed by atoms with Crippen molar-refractivity contribution < 1.29 is 64.5 Å². The van der Waals surface area contributed by atoms with Crippen molar-refractivity contribution in [3.63, 3.8) is 0 Å². The average molecular weight is 739 g/mol. The molecule has 4 amide bonds. The second-order valence-electron chi connectivity index (χ2n) is 15.5. The molecule has 0 unspecified atom stereocenters. The van der Waals surface area contributed by atoms with Crippen LogP contribution in [0.3, 0.4) is 0 Å². The number of hydrogen-bond donors (Lipinski definition) is 4. The van der Waals surface area contributed by atoms with Gasteiger partial charge < -0.3 is 30.7 Å². The fourth-order valence-electron chi connectivity index (χ4n) is 7.04. The van der Waals surface area contributed by atoms with Crippen LogP contribution in [0.15, 0.2) is 0 Å². The number of carbonyl (C=O) groups excluding carboxylic acids is 5. The van der Waals surface area contributed by atoms with E-state index in [-0.39, 0.29) is 31.8 Å². The number of carbonyl (C=O) groups is 5. The first kappa shape index (κ1) is 39.8. The molecule has 0 spiro atoms. The minimum absolute atomic E-state index is 0.0634. The number of likely N-dealkylation sites (tertiary alicyclic amines) is 1. The van der Waals surface area contributed by atoms with Crippen molar-refractivity contribution >= 4 is 29.4 Å². The number of piperidine rings is 1. The SMILES string of the molecule is CC(C)(O)c1c(F)c(F)c(OCC(=O)[C@H](C[C@@H]2CCNC2=O)NC(=O)[C@@H]2[C@@H]3[C@H](CN2C(=O)[C@@H](NC(=O)C(F)(F)F)C(C)(C)C)C3(C)C)c(F)c1F. The van der Waals surface area contributed by atoms with E-state index in [9.17, 15) is 59.8 Å². The molecule has 51 heavy (non-hydrogen) atoms. The van der Waals surface area contributed by atoms with E-state index in [2.05, 4.69) is 10.6 Å². The molecular formula is C33H41F7N4O7. The lowest BCUT2D eigenvalue weighted by atomic mass is 9.85. The maximum absolute atomic E-state index is 14.8. The summed E-state index contributed by atoms with van der Waals surface area (Å²) in [5.74, 6) is -17.1. The molecule has 18 heteroatoms. The number of hydrogen-bond acceptors (Lipinski definition) is 7. The monoisotopic (exact) mass is 738 g/mol. The van der Waals surface area contributed by atoms with Crippen LogP contribution < -0.4 is 20.7 Å². The van der Waals surface area contributed by atoms with Gasteiger partial charge in [0.25, 0.3) is 0 Å². The van der Waals surface area contributed by atoms with E-state index in [4.69, 9.17) is 4.74 Å². The Kier molecular flexibility index (Phi) is 10.6. The molecule has 0 bridgehead atoms. The zero-order valence-electron chi connectivity index (χ0n) is 29.0. The number of amides is 4. The van der Waals surface area contributed by atoms with Crippen LogP contribution in [0.4, 0.5) is 30.7 Å². The van der Waals surface area contributed by atoms with Gasteiger partial charge in [-0.25, -0.2) is 8.78 Å². The van der Waals surface area contributed by atoms with E-state index in [1.54, 1.807) is 19.2 Å². The number of ether oxygens (including phenoxy) is 1. The van der Waals surface area contributed by atoms with Crippen molar-refractivity contribution in [3.8, 4) is 5.75 Å². The molecule has 284 valence electrons. The minimum atomic E-state index is -5.31. The molecule has 1 aromatic carbocycles. The van der Waals surface area contributed by atoms with Crippen molar-refractivity contribution in [1.82, 2.24) is 20.9 Å². The first-order chi connectivity index (χ1) is 23.2. The maximum atomic E-state index is 14.8. The first-order valence-electron chi connectivity index (χ1n) is 16.2. The van der Waals surface area contributed by atoms with Gasteiger partial charge in [-0.3, -0.25) is 24.0 Å². The second-order valence-corrected chi connectivity index (χ2v) is 15.5. The van der Waals surface area contributed by atoms with Gasteiger partial charge in [0, 0.05) is 19.0 Å². The summed E-state index contributed by atoms with van der Waals surface area (Å²) in [6.45, 7) is 8.56. The lowest BCUT2D eigenvalue weighted by molar-refractivity contribution is -0.176. The van der Waals surface area contributed by atoms with E-state index in [1.807, 2.05) is 0 Å². The van der Waals surface area contributed by atoms with Crippen LogP contribution in [0.1, 0.15) is 66.9 Å². The van der Waals surface area contributed by atoms with Gasteiger partial charge in [0.05, 0.1) is 17.2 Å². The highest BCUT2D eigenvalue weighted by Gasteiger charge is 2.70. The molecule has 3 fully saturated rings. The van der Waals surface area contributed by atoms with Crippen LogP contribution in [0.2, 0.25) is 0 Å². The van der Waals surface area contributed by atoms with Gasteiger partial charge >= 0.3 is 12.1 Å². The van der Waals surface area contributed by atoms with Gasteiger partial charge in [0.2, 0.25) is 29.4 Å². The van der Waals surface area contributed by atoms with E-state index >= 15 is 0 Å². The lowest BCUT2D eigenvalue weighted by Gasteiger charge is -2.38. The lowest BCUT2D eigenvalue weighted by Crippen LogP contribution is -2.61. The third-order valence-corrected chi connectivity index (χ3v) is 9.99. The van der Waals surface area contributed by atoms with Gasteiger partial charge in [0.1, 0.15) is 18.7 Å². The summed E-state index contributed by atoms with van der Waals surface area (Å²) >= 11 is 0. The number of Topliss-reactive ketones (excluding diaryl/α,β-unsaturated/α-hetero) is 1. The number of nitrogens with one attached hydrogen (secondary N) is 3. The van der Waals surface area contributed by atoms with E-state index < -0.39 is 123 Å². The summed E-state index contributed by atoms with van der Waals surface area (Å²) in [5, 5.41) is 16.7. The van der Waals surface area contributed by atoms with Gasteiger partial charge in [-0.2, -0.15) is 22.0 Å². The highest BCUT2D eigenvalue weighted by molar-refractivity contribution is 5.97. The topological polar surface area (TPSA) is 154 Å². The Bertz CT molecular complexity index is 1590. The predicted octanol–water partition coefficient (Wildman–Crippen LogP) is 3.01. The van der Waals surface area contributed by atoms with E-state index in [0.717, 1.165) is 18.7 Å². The predicted molar refractivity (Wildman–Crippen MR) is 163 cm³/mol. The van der Waals surface area contributed by atoms with Crippen LogP contribution in [-0.2, 0) is 29.6 Å². The van der Waals surface area contributed by atoms with Crippen LogP contribution in [-0.4, -0.2) is 83.4 Å². The molecule has 0 radical (unpaired) electrons. The van der Waals surface area contributed by atoms with Crippen LogP contribution in [0.25, 0.3) is 0 Å². The highest BCUT2D eigenvalue weighted by Crippen LogP contribution is 2.65. The normalized spacial score (nSPS) is 24.0. The Balaban J connectivity index is 1.62. The largest absolute Gasteiger partial charge is 0.479 e. The Morgan fingerprint density at radius 1 is 0.980 bits per heavy atom. The Labute approximate surface area is 289 Å². The third kappa shape index (κ3) is 7.79. The summed E-state index contributed by atoms with van der Waals surface area (Å²) in [6, 6.07) is -4.67. The number of alkyl halides is 3. The van der Waals surface area contributed by atoms with Crippen molar-refractivity contribution in [1.29, 1.82) is 0 Å². The van der Waals surface area contributed by atoms with Crippen LogP contribution in [0.5, 0.6) is 5.75 Å².